The number of benzene rings is 2. The third-order valence-corrected chi connectivity index (χ3v) is 4.37. The van der Waals surface area contributed by atoms with Gasteiger partial charge in [0.05, 0.1) is 12.4 Å². The minimum Gasteiger partial charge on any atom is -0.435 e. The van der Waals surface area contributed by atoms with Gasteiger partial charge in [0.25, 0.3) is 0 Å². The minimum atomic E-state index is -2.92. The Morgan fingerprint density at radius 2 is 2.04 bits per heavy atom. The maximum atomic E-state index is 12.5. The second-order valence-corrected chi connectivity index (χ2v) is 6.08. The minimum absolute atomic E-state index is 0.00422. The van der Waals surface area contributed by atoms with Gasteiger partial charge in [-0.25, -0.2) is 4.98 Å². The number of amides is 1. The monoisotopic (exact) mass is 371 g/mol. The van der Waals surface area contributed by atoms with Gasteiger partial charge < -0.3 is 14.2 Å². The van der Waals surface area contributed by atoms with Gasteiger partial charge in [0.2, 0.25) is 6.41 Å². The van der Waals surface area contributed by atoms with Crippen molar-refractivity contribution >= 4 is 12.1 Å². The van der Waals surface area contributed by atoms with Crippen LogP contribution in [0.15, 0.2) is 61.2 Å². The molecule has 1 atom stereocenters. The van der Waals surface area contributed by atoms with Crippen LogP contribution in [-0.2, 0) is 4.79 Å². The molecule has 0 bridgehead atoms. The second kappa shape index (κ2) is 7.99. The zero-order valence-corrected chi connectivity index (χ0v) is 14.9. The SMILES string of the molecule is Cc1ccc([C@H](C)N(C=O)c2cccc(OC(F)F)c2)cc1-n1ccnc1. The van der Waals surface area contributed by atoms with Crippen LogP contribution in [0.2, 0.25) is 0 Å². The number of rotatable bonds is 7. The highest BCUT2D eigenvalue weighted by atomic mass is 19.3. The van der Waals surface area contributed by atoms with Crippen molar-refractivity contribution in [3.05, 3.63) is 72.3 Å². The fourth-order valence-electron chi connectivity index (χ4n) is 2.92. The molecule has 140 valence electrons. The molecule has 3 aromatic rings. The molecule has 0 aliphatic rings. The molecule has 0 aliphatic heterocycles. The van der Waals surface area contributed by atoms with Crippen LogP contribution in [0.4, 0.5) is 14.5 Å². The van der Waals surface area contributed by atoms with Crippen LogP contribution in [0, 0.1) is 6.92 Å². The molecule has 0 saturated heterocycles. The van der Waals surface area contributed by atoms with E-state index >= 15 is 0 Å². The molecule has 0 aliphatic carbocycles. The van der Waals surface area contributed by atoms with Gasteiger partial charge in [-0.3, -0.25) is 4.79 Å². The van der Waals surface area contributed by atoms with Crippen LogP contribution in [0.25, 0.3) is 5.69 Å². The Morgan fingerprint density at radius 3 is 2.70 bits per heavy atom. The van der Waals surface area contributed by atoms with Crippen molar-refractivity contribution in [1.29, 1.82) is 0 Å². The summed E-state index contributed by atoms with van der Waals surface area (Å²) in [4.78, 5) is 17.3. The number of halogens is 2. The highest BCUT2D eigenvalue weighted by molar-refractivity contribution is 5.77. The largest absolute Gasteiger partial charge is 0.435 e. The smallest absolute Gasteiger partial charge is 0.387 e. The van der Waals surface area contributed by atoms with Gasteiger partial charge in [-0.15, -0.1) is 0 Å². The third kappa shape index (κ3) is 4.13. The second-order valence-electron chi connectivity index (χ2n) is 6.08. The number of aromatic nitrogens is 2. The Balaban J connectivity index is 1.93. The highest BCUT2D eigenvalue weighted by Gasteiger charge is 2.18. The van der Waals surface area contributed by atoms with Gasteiger partial charge in [-0.1, -0.05) is 18.2 Å². The van der Waals surface area contributed by atoms with Crippen LogP contribution >= 0.6 is 0 Å². The van der Waals surface area contributed by atoms with E-state index in [0.29, 0.717) is 12.1 Å². The number of carbonyl (C=O) groups is 1. The molecule has 5 nitrogen and oxygen atoms in total. The Labute approximate surface area is 155 Å². The van der Waals surface area contributed by atoms with E-state index in [2.05, 4.69) is 9.72 Å². The number of hydrogen-bond donors (Lipinski definition) is 0. The topological polar surface area (TPSA) is 47.4 Å². The van der Waals surface area contributed by atoms with Crippen molar-refractivity contribution in [1.82, 2.24) is 9.55 Å². The fraction of sp³-hybridized carbons (Fsp3) is 0.200. The highest BCUT2D eigenvalue weighted by Crippen LogP contribution is 2.30. The number of aryl methyl sites for hydroxylation is 1. The van der Waals surface area contributed by atoms with E-state index in [4.69, 9.17) is 0 Å². The van der Waals surface area contributed by atoms with Crippen molar-refractivity contribution in [2.24, 2.45) is 0 Å². The summed E-state index contributed by atoms with van der Waals surface area (Å²) in [7, 11) is 0. The summed E-state index contributed by atoms with van der Waals surface area (Å²) < 4.78 is 31.3. The van der Waals surface area contributed by atoms with Crippen LogP contribution < -0.4 is 9.64 Å². The summed E-state index contributed by atoms with van der Waals surface area (Å²) in [6, 6.07) is 11.7. The Hall–Kier alpha value is -3.22. The van der Waals surface area contributed by atoms with E-state index < -0.39 is 6.61 Å². The average molecular weight is 371 g/mol. The number of nitrogens with zero attached hydrogens (tertiary/aromatic N) is 3. The molecule has 0 N–H and O–H groups in total. The number of alkyl halides is 2. The van der Waals surface area contributed by atoms with Crippen LogP contribution in [-0.4, -0.2) is 22.6 Å². The molecular weight excluding hydrogens is 352 g/mol. The van der Waals surface area contributed by atoms with Gasteiger partial charge in [-0.05, 0) is 43.2 Å². The van der Waals surface area contributed by atoms with Crippen LogP contribution in [0.3, 0.4) is 0 Å². The summed E-state index contributed by atoms with van der Waals surface area (Å²) in [5, 5.41) is 0. The van der Waals surface area contributed by atoms with Gasteiger partial charge in [0.15, 0.2) is 0 Å². The molecule has 0 radical (unpaired) electrons. The van der Waals surface area contributed by atoms with Crippen molar-refractivity contribution in [3.63, 3.8) is 0 Å². The van der Waals surface area contributed by atoms with E-state index in [1.54, 1.807) is 24.7 Å². The first kappa shape index (κ1) is 18.6. The predicted octanol–water partition coefficient (Wildman–Crippen LogP) is 4.51. The Bertz CT molecular complexity index is 913. The van der Waals surface area contributed by atoms with Gasteiger partial charge in [0.1, 0.15) is 5.75 Å². The first-order valence-corrected chi connectivity index (χ1v) is 8.37. The summed E-state index contributed by atoms with van der Waals surface area (Å²) in [6.07, 6.45) is 5.93. The van der Waals surface area contributed by atoms with E-state index in [1.165, 1.54) is 17.0 Å². The van der Waals surface area contributed by atoms with Gasteiger partial charge in [0, 0.05) is 29.8 Å². The number of imidazole rings is 1. The predicted molar refractivity (Wildman–Crippen MR) is 98.3 cm³/mol. The lowest BCUT2D eigenvalue weighted by molar-refractivity contribution is -0.107. The fourth-order valence-corrected chi connectivity index (χ4v) is 2.92. The van der Waals surface area contributed by atoms with Crippen molar-refractivity contribution in [2.45, 2.75) is 26.5 Å². The van der Waals surface area contributed by atoms with Crippen molar-refractivity contribution < 1.29 is 18.3 Å². The molecule has 1 amide bonds. The molecule has 27 heavy (non-hydrogen) atoms. The normalized spacial score (nSPS) is 12.0. The van der Waals surface area contributed by atoms with Crippen molar-refractivity contribution in [2.75, 3.05) is 4.90 Å². The molecule has 0 spiro atoms. The lowest BCUT2D eigenvalue weighted by atomic mass is 10.0. The Kier molecular flexibility index (Phi) is 5.49. The summed E-state index contributed by atoms with van der Waals surface area (Å²) in [5.74, 6) is 0.00422. The maximum Gasteiger partial charge on any atom is 0.387 e. The summed E-state index contributed by atoms with van der Waals surface area (Å²) in [6.45, 7) is 0.946. The molecule has 0 unspecified atom stereocenters. The van der Waals surface area contributed by atoms with Gasteiger partial charge in [-0.2, -0.15) is 8.78 Å². The number of anilines is 1. The molecule has 1 aromatic heterocycles. The molecule has 0 saturated carbocycles. The van der Waals surface area contributed by atoms with Crippen molar-refractivity contribution in [3.8, 4) is 11.4 Å². The number of ether oxygens (including phenoxy) is 1. The van der Waals surface area contributed by atoms with E-state index in [-0.39, 0.29) is 11.8 Å². The zero-order chi connectivity index (χ0) is 19.4. The molecule has 1 heterocycles. The maximum absolute atomic E-state index is 12.5. The first-order valence-electron chi connectivity index (χ1n) is 8.37. The van der Waals surface area contributed by atoms with E-state index in [9.17, 15) is 13.6 Å². The lowest BCUT2D eigenvalue weighted by Crippen LogP contribution is -2.25. The van der Waals surface area contributed by atoms with Crippen LogP contribution in [0.5, 0.6) is 5.75 Å². The molecule has 3 rings (SSSR count). The summed E-state index contributed by atoms with van der Waals surface area (Å²) in [5.41, 5.74) is 3.39. The van der Waals surface area contributed by atoms with E-state index in [0.717, 1.165) is 16.8 Å². The van der Waals surface area contributed by atoms with Crippen LogP contribution in [0.1, 0.15) is 24.1 Å². The third-order valence-electron chi connectivity index (χ3n) is 4.37. The standard InChI is InChI=1S/C20H19F2N3O2/c1-14-6-7-16(10-19(14)24-9-8-23-12-24)15(2)25(13-26)17-4-3-5-18(11-17)27-20(21)22/h3-13,15,20H,1-2H3/t15-/m0/s1. The molecule has 2 aromatic carbocycles. The molecule has 7 heteroatoms. The summed E-state index contributed by atoms with van der Waals surface area (Å²) >= 11 is 0. The number of carbonyl (C=O) groups excluding carboxylic acids is 1. The quantitative estimate of drug-likeness (QED) is 0.574. The average Bonchev–Trinajstić information content (AvgIpc) is 3.17. The lowest BCUT2D eigenvalue weighted by Gasteiger charge is -2.26. The number of hydrogen-bond acceptors (Lipinski definition) is 3. The first-order chi connectivity index (χ1) is 13.0. The Morgan fingerprint density at radius 1 is 1.22 bits per heavy atom. The molecular formula is C20H19F2N3O2. The molecule has 0 fully saturated rings. The van der Waals surface area contributed by atoms with E-state index in [1.807, 2.05) is 42.8 Å². The zero-order valence-electron chi connectivity index (χ0n) is 14.9. The van der Waals surface area contributed by atoms with Gasteiger partial charge >= 0.3 is 6.61 Å².